The van der Waals surface area contributed by atoms with Crippen LogP contribution >= 0.6 is 0 Å². The minimum Gasteiger partial charge on any atom is -0.345 e. The average Bonchev–Trinajstić information content (AvgIpc) is 3.32. The van der Waals surface area contributed by atoms with Gasteiger partial charge in [0.15, 0.2) is 0 Å². The van der Waals surface area contributed by atoms with E-state index in [4.69, 9.17) is 4.52 Å². The van der Waals surface area contributed by atoms with Crippen LogP contribution in [0.25, 0.3) is 22.4 Å². The average molecular weight is 369 g/mol. The van der Waals surface area contributed by atoms with Gasteiger partial charge in [-0.05, 0) is 37.0 Å². The minimum absolute atomic E-state index is 0.0206. The molecule has 138 valence electrons. The first-order chi connectivity index (χ1) is 13.7. The summed E-state index contributed by atoms with van der Waals surface area (Å²) in [5.74, 6) is -0.127. The number of pyridine rings is 1. The number of hydrogen-bond acceptors (Lipinski definition) is 4. The van der Waals surface area contributed by atoms with Gasteiger partial charge in [-0.3, -0.25) is 4.79 Å². The molecule has 28 heavy (non-hydrogen) atoms. The van der Waals surface area contributed by atoms with E-state index in [1.165, 1.54) is 11.1 Å². The lowest BCUT2D eigenvalue weighted by molar-refractivity contribution is 0.0938. The third kappa shape index (κ3) is 2.76. The van der Waals surface area contributed by atoms with Crippen LogP contribution in [0.1, 0.15) is 39.6 Å². The van der Waals surface area contributed by atoms with Crippen LogP contribution < -0.4 is 5.32 Å². The van der Waals surface area contributed by atoms with Gasteiger partial charge in [-0.15, -0.1) is 0 Å². The third-order valence-corrected chi connectivity index (χ3v) is 5.37. The van der Waals surface area contributed by atoms with E-state index in [9.17, 15) is 4.79 Å². The SMILES string of the molecule is Cc1noc2nc(-c3ccccc3)cc(C(=O)NC3CCc4ccccc43)c12. The molecule has 0 spiro atoms. The zero-order chi connectivity index (χ0) is 19.1. The molecule has 0 fully saturated rings. The highest BCUT2D eigenvalue weighted by atomic mass is 16.5. The molecular weight excluding hydrogens is 350 g/mol. The molecule has 2 aromatic carbocycles. The van der Waals surface area contributed by atoms with Crippen molar-refractivity contribution in [1.82, 2.24) is 15.5 Å². The summed E-state index contributed by atoms with van der Waals surface area (Å²) in [5, 5.41) is 7.90. The minimum atomic E-state index is -0.127. The van der Waals surface area contributed by atoms with Gasteiger partial charge in [-0.25, -0.2) is 4.98 Å². The Bertz CT molecular complexity index is 1180. The molecule has 0 aliphatic heterocycles. The molecule has 4 aromatic rings. The quantitative estimate of drug-likeness (QED) is 0.572. The highest BCUT2D eigenvalue weighted by Crippen LogP contribution is 2.32. The molecule has 0 saturated heterocycles. The Kier molecular flexibility index (Phi) is 3.93. The molecule has 5 nitrogen and oxygen atoms in total. The van der Waals surface area contributed by atoms with Gasteiger partial charge >= 0.3 is 0 Å². The van der Waals surface area contributed by atoms with Crippen molar-refractivity contribution in [2.45, 2.75) is 25.8 Å². The molecule has 2 aromatic heterocycles. The standard InChI is InChI=1S/C23H19N3O2/c1-14-21-18(22(27)24-19-12-11-15-7-5-6-10-17(15)19)13-20(25-23(21)28-26-14)16-8-3-2-4-9-16/h2-10,13,19H,11-12H2,1H3,(H,24,27). The maximum atomic E-state index is 13.2. The second kappa shape index (κ2) is 6.60. The first-order valence-corrected chi connectivity index (χ1v) is 9.42. The lowest BCUT2D eigenvalue weighted by Gasteiger charge is -2.15. The topological polar surface area (TPSA) is 68.0 Å². The molecule has 0 radical (unpaired) electrons. The largest absolute Gasteiger partial charge is 0.345 e. The fraction of sp³-hybridized carbons (Fsp3) is 0.174. The van der Waals surface area contributed by atoms with Crippen LogP contribution in [-0.2, 0) is 6.42 Å². The number of nitrogens with zero attached hydrogens (tertiary/aromatic N) is 2. The summed E-state index contributed by atoms with van der Waals surface area (Å²) >= 11 is 0. The Hall–Kier alpha value is -3.47. The van der Waals surface area contributed by atoms with Crippen molar-refractivity contribution in [1.29, 1.82) is 0 Å². The third-order valence-electron chi connectivity index (χ3n) is 5.37. The van der Waals surface area contributed by atoms with Crippen LogP contribution in [-0.4, -0.2) is 16.0 Å². The number of carbonyl (C=O) groups is 1. The fourth-order valence-corrected chi connectivity index (χ4v) is 3.97. The molecule has 5 rings (SSSR count). The van der Waals surface area contributed by atoms with Crippen LogP contribution in [0.15, 0.2) is 65.2 Å². The monoisotopic (exact) mass is 369 g/mol. The number of carbonyl (C=O) groups excluding carboxylic acids is 1. The molecular formula is C23H19N3O2. The number of fused-ring (bicyclic) bond motifs is 2. The second-order valence-electron chi connectivity index (χ2n) is 7.13. The molecule has 2 heterocycles. The Morgan fingerprint density at radius 1 is 1.11 bits per heavy atom. The number of benzene rings is 2. The van der Waals surface area contributed by atoms with Crippen molar-refractivity contribution in [3.8, 4) is 11.3 Å². The molecule has 0 bridgehead atoms. The van der Waals surface area contributed by atoms with Gasteiger partial charge in [0.1, 0.15) is 0 Å². The summed E-state index contributed by atoms with van der Waals surface area (Å²) in [5.41, 5.74) is 5.73. The smallest absolute Gasteiger partial charge is 0.259 e. The molecule has 1 N–H and O–H groups in total. The van der Waals surface area contributed by atoms with Crippen LogP contribution in [0.4, 0.5) is 0 Å². The number of hydrogen-bond donors (Lipinski definition) is 1. The number of amides is 1. The van der Waals surface area contributed by atoms with Gasteiger partial charge in [-0.2, -0.15) is 0 Å². The van der Waals surface area contributed by atoms with Gasteiger partial charge in [0.25, 0.3) is 11.6 Å². The molecule has 1 unspecified atom stereocenters. The number of aromatic nitrogens is 2. The Labute approximate surface area is 162 Å². The second-order valence-corrected chi connectivity index (χ2v) is 7.13. The summed E-state index contributed by atoms with van der Waals surface area (Å²) < 4.78 is 5.39. The highest BCUT2D eigenvalue weighted by Gasteiger charge is 2.26. The molecule has 1 atom stereocenters. The summed E-state index contributed by atoms with van der Waals surface area (Å²) in [4.78, 5) is 17.8. The van der Waals surface area contributed by atoms with E-state index in [2.05, 4.69) is 27.6 Å². The van der Waals surface area contributed by atoms with Gasteiger partial charge in [-0.1, -0.05) is 59.8 Å². The lowest BCUT2D eigenvalue weighted by atomic mass is 10.0. The zero-order valence-corrected chi connectivity index (χ0v) is 15.5. The van der Waals surface area contributed by atoms with E-state index in [-0.39, 0.29) is 11.9 Å². The van der Waals surface area contributed by atoms with Crippen molar-refractivity contribution in [2.24, 2.45) is 0 Å². The molecule has 1 amide bonds. The van der Waals surface area contributed by atoms with E-state index in [1.807, 2.05) is 55.5 Å². The lowest BCUT2D eigenvalue weighted by Crippen LogP contribution is -2.27. The molecule has 5 heteroatoms. The number of rotatable bonds is 3. The summed E-state index contributed by atoms with van der Waals surface area (Å²) in [6.07, 6.45) is 1.89. The molecule has 1 aliphatic rings. The van der Waals surface area contributed by atoms with E-state index >= 15 is 0 Å². The number of aryl methyl sites for hydroxylation is 2. The highest BCUT2D eigenvalue weighted by molar-refractivity contribution is 6.07. The van der Waals surface area contributed by atoms with E-state index < -0.39 is 0 Å². The first-order valence-electron chi connectivity index (χ1n) is 9.42. The van der Waals surface area contributed by atoms with Crippen LogP contribution in [0.5, 0.6) is 0 Å². The Balaban J connectivity index is 1.56. The predicted octanol–water partition coefficient (Wildman–Crippen LogP) is 4.62. The van der Waals surface area contributed by atoms with Crippen LogP contribution in [0.2, 0.25) is 0 Å². The van der Waals surface area contributed by atoms with Crippen molar-refractivity contribution >= 4 is 17.0 Å². The van der Waals surface area contributed by atoms with Crippen molar-refractivity contribution in [3.05, 3.63) is 83.0 Å². The first kappa shape index (κ1) is 16.7. The van der Waals surface area contributed by atoms with E-state index in [0.29, 0.717) is 28.1 Å². The van der Waals surface area contributed by atoms with E-state index in [0.717, 1.165) is 18.4 Å². The van der Waals surface area contributed by atoms with Crippen molar-refractivity contribution < 1.29 is 9.32 Å². The normalized spacial score (nSPS) is 15.5. The zero-order valence-electron chi connectivity index (χ0n) is 15.5. The van der Waals surface area contributed by atoms with Gasteiger partial charge in [0, 0.05) is 5.56 Å². The maximum Gasteiger partial charge on any atom is 0.259 e. The van der Waals surface area contributed by atoms with Crippen molar-refractivity contribution in [3.63, 3.8) is 0 Å². The summed E-state index contributed by atoms with van der Waals surface area (Å²) in [6, 6.07) is 19.9. The molecule has 1 aliphatic carbocycles. The Morgan fingerprint density at radius 3 is 2.75 bits per heavy atom. The number of nitrogens with one attached hydrogen (secondary N) is 1. The molecule has 0 saturated carbocycles. The van der Waals surface area contributed by atoms with Gasteiger partial charge in [0.2, 0.25) is 0 Å². The fourth-order valence-electron chi connectivity index (χ4n) is 3.97. The maximum absolute atomic E-state index is 13.2. The summed E-state index contributed by atoms with van der Waals surface area (Å²) in [7, 11) is 0. The predicted molar refractivity (Wildman–Crippen MR) is 107 cm³/mol. The van der Waals surface area contributed by atoms with E-state index in [1.54, 1.807) is 0 Å². The van der Waals surface area contributed by atoms with Crippen LogP contribution in [0, 0.1) is 6.92 Å². The van der Waals surface area contributed by atoms with Crippen LogP contribution in [0.3, 0.4) is 0 Å². The Morgan fingerprint density at radius 2 is 1.89 bits per heavy atom. The van der Waals surface area contributed by atoms with Gasteiger partial charge < -0.3 is 9.84 Å². The summed E-state index contributed by atoms with van der Waals surface area (Å²) in [6.45, 7) is 1.83. The van der Waals surface area contributed by atoms with Crippen molar-refractivity contribution in [2.75, 3.05) is 0 Å². The van der Waals surface area contributed by atoms with Gasteiger partial charge in [0.05, 0.1) is 28.4 Å².